The Hall–Kier alpha value is -3.06. The molecule has 1 saturated heterocycles. The first-order chi connectivity index (χ1) is 12.2. The molecule has 3 heterocycles. The normalized spacial score (nSPS) is 18.9. The zero-order chi connectivity index (χ0) is 17.2. The van der Waals surface area contributed by atoms with E-state index < -0.39 is 5.91 Å². The minimum Gasteiger partial charge on any atom is -0.378 e. The van der Waals surface area contributed by atoms with Gasteiger partial charge in [-0.15, -0.1) is 0 Å². The Balaban J connectivity index is 1.65. The van der Waals surface area contributed by atoms with Gasteiger partial charge in [0.15, 0.2) is 0 Å². The van der Waals surface area contributed by atoms with Crippen LogP contribution >= 0.6 is 0 Å². The first-order valence-corrected chi connectivity index (χ1v) is 8.04. The molecule has 1 aromatic heterocycles. The molecular weight excluding hydrogens is 320 g/mol. The molecule has 0 unspecified atom stereocenters. The van der Waals surface area contributed by atoms with Crippen molar-refractivity contribution in [2.75, 3.05) is 31.2 Å². The molecule has 1 N–H and O–H groups in total. The van der Waals surface area contributed by atoms with Crippen LogP contribution in [0.25, 0.3) is 11.6 Å². The average molecular weight is 336 g/mol. The van der Waals surface area contributed by atoms with E-state index in [9.17, 15) is 9.59 Å². The molecule has 2 aromatic rings. The van der Waals surface area contributed by atoms with E-state index >= 15 is 0 Å². The Morgan fingerprint density at radius 1 is 1.00 bits per heavy atom. The zero-order valence-corrected chi connectivity index (χ0v) is 13.4. The van der Waals surface area contributed by atoms with Gasteiger partial charge in [0.2, 0.25) is 5.95 Å². The number of benzene rings is 1. The molecule has 2 aliphatic heterocycles. The summed E-state index contributed by atoms with van der Waals surface area (Å²) in [5.41, 5.74) is 2.23. The van der Waals surface area contributed by atoms with Crippen LogP contribution in [-0.4, -0.2) is 48.1 Å². The molecule has 7 nitrogen and oxygen atoms in total. The smallest absolute Gasteiger partial charge is 0.258 e. The number of aromatic nitrogens is 2. The van der Waals surface area contributed by atoms with Gasteiger partial charge in [0, 0.05) is 42.2 Å². The second-order valence-electron chi connectivity index (χ2n) is 5.80. The van der Waals surface area contributed by atoms with Crippen LogP contribution in [0, 0.1) is 0 Å². The van der Waals surface area contributed by atoms with E-state index in [1.54, 1.807) is 42.7 Å². The third-order valence-electron chi connectivity index (χ3n) is 4.20. The predicted octanol–water partition coefficient (Wildman–Crippen LogP) is 1.12. The second kappa shape index (κ2) is 6.45. The number of imide groups is 1. The van der Waals surface area contributed by atoms with Crippen LogP contribution in [0.1, 0.15) is 21.5 Å². The highest BCUT2D eigenvalue weighted by atomic mass is 16.5. The molecule has 0 bridgehead atoms. The van der Waals surface area contributed by atoms with Gasteiger partial charge < -0.3 is 9.64 Å². The Kier molecular flexibility index (Phi) is 3.99. The number of hydrogen-bond donors (Lipinski definition) is 1. The summed E-state index contributed by atoms with van der Waals surface area (Å²) >= 11 is 0. The van der Waals surface area contributed by atoms with Crippen molar-refractivity contribution in [1.82, 2.24) is 15.3 Å². The Labute approximate surface area is 144 Å². The first-order valence-electron chi connectivity index (χ1n) is 8.04. The molecule has 0 aliphatic carbocycles. The van der Waals surface area contributed by atoms with Crippen molar-refractivity contribution in [2.45, 2.75) is 0 Å². The van der Waals surface area contributed by atoms with Gasteiger partial charge >= 0.3 is 0 Å². The Morgan fingerprint density at radius 3 is 2.40 bits per heavy atom. The van der Waals surface area contributed by atoms with E-state index in [-0.39, 0.29) is 5.91 Å². The monoisotopic (exact) mass is 336 g/mol. The SMILES string of the molecule is O=C1NC(=O)c2ccccc2/C1=C\c1cnc(N2CCOCC2)nc1. The standard InChI is InChI=1S/C18H16N4O3/c23-16-14-4-2-1-3-13(14)15(17(24)21-16)9-12-10-19-18(20-11-12)22-5-7-25-8-6-22/h1-4,9-11H,5-8H2,(H,21,23,24)/b15-9+. The fourth-order valence-corrected chi connectivity index (χ4v) is 2.92. The summed E-state index contributed by atoms with van der Waals surface area (Å²) < 4.78 is 5.32. The van der Waals surface area contributed by atoms with Gasteiger partial charge in [0.05, 0.1) is 13.2 Å². The summed E-state index contributed by atoms with van der Waals surface area (Å²) in [4.78, 5) is 35.0. The van der Waals surface area contributed by atoms with Gasteiger partial charge in [-0.05, 0) is 17.7 Å². The van der Waals surface area contributed by atoms with Crippen molar-refractivity contribution in [2.24, 2.45) is 0 Å². The number of carbonyl (C=O) groups is 2. The van der Waals surface area contributed by atoms with Crippen LogP contribution in [0.15, 0.2) is 36.7 Å². The van der Waals surface area contributed by atoms with Gasteiger partial charge in [-0.3, -0.25) is 14.9 Å². The lowest BCUT2D eigenvalue weighted by Gasteiger charge is -2.26. The summed E-state index contributed by atoms with van der Waals surface area (Å²) in [6, 6.07) is 7.03. The maximum Gasteiger partial charge on any atom is 0.258 e. The second-order valence-corrected chi connectivity index (χ2v) is 5.80. The molecule has 2 aliphatic rings. The minimum absolute atomic E-state index is 0.378. The van der Waals surface area contributed by atoms with E-state index in [1.165, 1.54) is 0 Å². The minimum atomic E-state index is -0.416. The molecular formula is C18H16N4O3. The number of carbonyl (C=O) groups excluding carboxylic acids is 2. The van der Waals surface area contributed by atoms with E-state index in [2.05, 4.69) is 20.2 Å². The van der Waals surface area contributed by atoms with Crippen molar-refractivity contribution in [1.29, 1.82) is 0 Å². The lowest BCUT2D eigenvalue weighted by atomic mass is 9.94. The van der Waals surface area contributed by atoms with Crippen LogP contribution in [-0.2, 0) is 9.53 Å². The number of anilines is 1. The third-order valence-corrected chi connectivity index (χ3v) is 4.20. The van der Waals surface area contributed by atoms with E-state index in [4.69, 9.17) is 4.74 Å². The largest absolute Gasteiger partial charge is 0.378 e. The number of amides is 2. The Morgan fingerprint density at radius 2 is 1.68 bits per heavy atom. The van der Waals surface area contributed by atoms with E-state index in [0.29, 0.717) is 41.4 Å². The van der Waals surface area contributed by atoms with Crippen LogP contribution in [0.2, 0.25) is 0 Å². The maximum atomic E-state index is 12.2. The van der Waals surface area contributed by atoms with Crippen molar-refractivity contribution in [3.05, 3.63) is 53.3 Å². The fourth-order valence-electron chi connectivity index (χ4n) is 2.92. The molecule has 0 spiro atoms. The average Bonchev–Trinajstić information content (AvgIpc) is 2.66. The highest BCUT2D eigenvalue weighted by Crippen LogP contribution is 2.25. The number of morpholine rings is 1. The summed E-state index contributed by atoms with van der Waals surface area (Å²) in [7, 11) is 0. The molecule has 25 heavy (non-hydrogen) atoms. The van der Waals surface area contributed by atoms with Gasteiger partial charge in [-0.1, -0.05) is 18.2 Å². The van der Waals surface area contributed by atoms with Crippen LogP contribution < -0.4 is 10.2 Å². The first kappa shape index (κ1) is 15.5. The highest BCUT2D eigenvalue weighted by molar-refractivity contribution is 6.33. The number of nitrogens with one attached hydrogen (secondary N) is 1. The van der Waals surface area contributed by atoms with Crippen molar-refractivity contribution in [3.63, 3.8) is 0 Å². The molecule has 0 saturated carbocycles. The predicted molar refractivity (Wildman–Crippen MR) is 91.9 cm³/mol. The molecule has 2 amide bonds. The van der Waals surface area contributed by atoms with Crippen molar-refractivity contribution >= 4 is 29.4 Å². The lowest BCUT2D eigenvalue weighted by molar-refractivity contribution is -0.114. The fraction of sp³-hybridized carbons (Fsp3) is 0.222. The van der Waals surface area contributed by atoms with Crippen LogP contribution in [0.4, 0.5) is 5.95 Å². The quantitative estimate of drug-likeness (QED) is 0.654. The highest BCUT2D eigenvalue weighted by Gasteiger charge is 2.26. The molecule has 126 valence electrons. The zero-order valence-electron chi connectivity index (χ0n) is 13.4. The number of nitrogens with zero attached hydrogens (tertiary/aromatic N) is 3. The van der Waals surface area contributed by atoms with E-state index in [0.717, 1.165) is 13.1 Å². The van der Waals surface area contributed by atoms with Gasteiger partial charge in [0.25, 0.3) is 11.8 Å². The van der Waals surface area contributed by atoms with Crippen molar-refractivity contribution < 1.29 is 14.3 Å². The lowest BCUT2D eigenvalue weighted by Crippen LogP contribution is -2.37. The number of hydrogen-bond acceptors (Lipinski definition) is 6. The number of fused-ring (bicyclic) bond motifs is 1. The van der Waals surface area contributed by atoms with E-state index in [1.807, 2.05) is 0 Å². The number of ether oxygens (including phenoxy) is 1. The van der Waals surface area contributed by atoms with Crippen molar-refractivity contribution in [3.8, 4) is 0 Å². The Bertz CT molecular complexity index is 855. The molecule has 1 aromatic carbocycles. The molecule has 0 radical (unpaired) electrons. The van der Waals surface area contributed by atoms with Crippen LogP contribution in [0.3, 0.4) is 0 Å². The van der Waals surface area contributed by atoms with Gasteiger partial charge in [-0.2, -0.15) is 0 Å². The third kappa shape index (κ3) is 3.01. The maximum absolute atomic E-state index is 12.2. The van der Waals surface area contributed by atoms with Gasteiger partial charge in [0.1, 0.15) is 0 Å². The molecule has 1 fully saturated rings. The summed E-state index contributed by atoms with van der Waals surface area (Å²) in [5.74, 6) is -0.147. The molecule has 0 atom stereocenters. The van der Waals surface area contributed by atoms with Gasteiger partial charge in [-0.25, -0.2) is 9.97 Å². The summed E-state index contributed by atoms with van der Waals surface area (Å²) in [6.45, 7) is 2.86. The molecule has 7 heteroatoms. The number of rotatable bonds is 2. The summed E-state index contributed by atoms with van der Waals surface area (Å²) in [6.07, 6.45) is 5.05. The van der Waals surface area contributed by atoms with Crippen LogP contribution in [0.5, 0.6) is 0 Å². The topological polar surface area (TPSA) is 84.4 Å². The summed E-state index contributed by atoms with van der Waals surface area (Å²) in [5, 5.41) is 2.36. The molecule has 4 rings (SSSR count).